The van der Waals surface area contributed by atoms with E-state index in [-0.39, 0.29) is 12.0 Å². The van der Waals surface area contributed by atoms with Crippen LogP contribution >= 0.6 is 0 Å². The van der Waals surface area contributed by atoms with E-state index in [4.69, 9.17) is 10.3 Å². The molecular formula is C10H14N2O2. The van der Waals surface area contributed by atoms with Gasteiger partial charge < -0.3 is 15.4 Å². The van der Waals surface area contributed by atoms with Crippen molar-refractivity contribution in [3.63, 3.8) is 0 Å². The molecule has 0 aliphatic heterocycles. The topological polar surface area (TPSA) is 72.3 Å². The second-order valence-electron chi connectivity index (χ2n) is 4.59. The minimum atomic E-state index is -0.683. The largest absolute Gasteiger partial charge is 0.394 e. The highest BCUT2D eigenvalue weighted by atomic mass is 16.5. The molecule has 1 saturated carbocycles. The third-order valence-electron chi connectivity index (χ3n) is 3.97. The van der Waals surface area contributed by atoms with Crippen LogP contribution in [0.15, 0.2) is 10.7 Å². The van der Waals surface area contributed by atoms with Crippen LogP contribution in [0.1, 0.15) is 30.6 Å². The van der Waals surface area contributed by atoms with Crippen LogP contribution in [0.3, 0.4) is 0 Å². The number of aryl methyl sites for hydroxylation is 1. The van der Waals surface area contributed by atoms with Gasteiger partial charge in [-0.05, 0) is 31.1 Å². The number of nitrogens with zero attached hydrogens (tertiary/aromatic N) is 1. The number of rotatable bonds is 1. The van der Waals surface area contributed by atoms with Crippen LogP contribution in [-0.4, -0.2) is 16.9 Å². The highest BCUT2D eigenvalue weighted by Gasteiger charge is 2.61. The third-order valence-corrected chi connectivity index (χ3v) is 3.97. The van der Waals surface area contributed by atoms with Gasteiger partial charge in [-0.3, -0.25) is 0 Å². The van der Waals surface area contributed by atoms with Gasteiger partial charge in [0, 0.05) is 5.56 Å². The molecule has 1 spiro atoms. The first kappa shape index (κ1) is 8.44. The van der Waals surface area contributed by atoms with E-state index in [0.717, 1.165) is 31.2 Å². The van der Waals surface area contributed by atoms with Gasteiger partial charge >= 0.3 is 0 Å². The van der Waals surface area contributed by atoms with Gasteiger partial charge in [0.15, 0.2) is 5.76 Å². The Balaban J connectivity index is 2.15. The van der Waals surface area contributed by atoms with Crippen molar-refractivity contribution in [3.8, 4) is 0 Å². The highest BCUT2D eigenvalue weighted by molar-refractivity contribution is 5.32. The van der Waals surface area contributed by atoms with Crippen molar-refractivity contribution in [1.82, 2.24) is 5.16 Å². The van der Waals surface area contributed by atoms with E-state index in [1.54, 1.807) is 6.20 Å². The molecule has 4 nitrogen and oxygen atoms in total. The molecule has 0 amide bonds. The maximum Gasteiger partial charge on any atom is 0.162 e. The van der Waals surface area contributed by atoms with Crippen molar-refractivity contribution >= 4 is 0 Å². The average molecular weight is 194 g/mol. The van der Waals surface area contributed by atoms with E-state index in [2.05, 4.69) is 5.16 Å². The predicted octanol–water partition coefficient (Wildman–Crippen LogP) is 0.547. The summed E-state index contributed by atoms with van der Waals surface area (Å²) in [5, 5.41) is 13.3. The molecule has 1 aromatic rings. The first-order valence-corrected chi connectivity index (χ1v) is 5.06. The number of nitrogens with two attached hydrogens (primary N) is 1. The van der Waals surface area contributed by atoms with Crippen molar-refractivity contribution in [2.45, 2.75) is 31.2 Å². The fraction of sp³-hybridized carbons (Fsp3) is 0.700. The zero-order valence-corrected chi connectivity index (χ0v) is 7.99. The first-order chi connectivity index (χ1) is 6.72. The summed E-state index contributed by atoms with van der Waals surface area (Å²) in [6, 6.07) is 0. The molecule has 3 rings (SSSR count). The Bertz CT molecular complexity index is 370. The molecule has 3 N–H and O–H groups in total. The maximum absolute atomic E-state index is 9.48. The van der Waals surface area contributed by atoms with Crippen LogP contribution < -0.4 is 5.73 Å². The summed E-state index contributed by atoms with van der Waals surface area (Å²) in [5.74, 6) is 0.712. The Morgan fingerprint density at radius 2 is 2.29 bits per heavy atom. The maximum atomic E-state index is 9.48. The fourth-order valence-electron chi connectivity index (χ4n) is 2.73. The Labute approximate surface area is 82.1 Å². The van der Waals surface area contributed by atoms with E-state index >= 15 is 0 Å². The second-order valence-corrected chi connectivity index (χ2v) is 4.59. The smallest absolute Gasteiger partial charge is 0.162 e. The molecule has 0 bridgehead atoms. The van der Waals surface area contributed by atoms with Gasteiger partial charge in [-0.15, -0.1) is 0 Å². The van der Waals surface area contributed by atoms with E-state index < -0.39 is 5.54 Å². The molecule has 2 aliphatic rings. The zero-order chi connectivity index (χ0) is 9.81. The van der Waals surface area contributed by atoms with Crippen LogP contribution in [0.2, 0.25) is 0 Å². The molecule has 0 aromatic carbocycles. The van der Waals surface area contributed by atoms with Crippen molar-refractivity contribution in [1.29, 1.82) is 0 Å². The lowest BCUT2D eigenvalue weighted by molar-refractivity contribution is 0.0806. The molecule has 0 saturated heterocycles. The Morgan fingerprint density at radius 1 is 1.50 bits per heavy atom. The number of aliphatic hydroxyl groups is 1. The van der Waals surface area contributed by atoms with Crippen LogP contribution in [0.4, 0.5) is 0 Å². The van der Waals surface area contributed by atoms with E-state index in [9.17, 15) is 5.11 Å². The highest BCUT2D eigenvalue weighted by Crippen LogP contribution is 2.62. The summed E-state index contributed by atoms with van der Waals surface area (Å²) >= 11 is 0. The van der Waals surface area contributed by atoms with Gasteiger partial charge in [0.1, 0.15) is 5.54 Å². The molecule has 2 aliphatic carbocycles. The lowest BCUT2D eigenvalue weighted by Crippen LogP contribution is -2.51. The van der Waals surface area contributed by atoms with Crippen LogP contribution in [0, 0.1) is 5.41 Å². The minimum absolute atomic E-state index is 0.0464. The zero-order valence-electron chi connectivity index (χ0n) is 7.99. The Morgan fingerprint density at radius 3 is 2.93 bits per heavy atom. The number of hydrogen-bond acceptors (Lipinski definition) is 4. The summed E-state index contributed by atoms with van der Waals surface area (Å²) in [6.45, 7) is -0.0464. The normalized spacial score (nSPS) is 33.0. The second kappa shape index (κ2) is 2.38. The minimum Gasteiger partial charge on any atom is -0.394 e. The molecule has 1 aromatic heterocycles. The molecule has 14 heavy (non-hydrogen) atoms. The molecule has 1 heterocycles. The standard InChI is InChI=1S/C10H14N2O2/c11-10(6-13)8-7(5-12-14-8)1-2-9(10)3-4-9/h5,13H,1-4,6,11H2. The number of aromatic nitrogens is 1. The van der Waals surface area contributed by atoms with Crippen LogP contribution in [0.5, 0.6) is 0 Å². The molecule has 76 valence electrons. The third kappa shape index (κ3) is 0.786. The van der Waals surface area contributed by atoms with Gasteiger partial charge in [0.05, 0.1) is 12.8 Å². The molecule has 0 radical (unpaired) electrons. The predicted molar refractivity (Wildman–Crippen MR) is 49.4 cm³/mol. The summed E-state index contributed by atoms with van der Waals surface area (Å²) in [4.78, 5) is 0. The number of aliphatic hydroxyl groups excluding tert-OH is 1. The molecule has 4 heteroatoms. The summed E-state index contributed by atoms with van der Waals surface area (Å²) in [7, 11) is 0. The summed E-state index contributed by atoms with van der Waals surface area (Å²) in [5.41, 5.74) is 6.75. The Kier molecular flexibility index (Phi) is 1.43. The van der Waals surface area contributed by atoms with Crippen LogP contribution in [0.25, 0.3) is 0 Å². The van der Waals surface area contributed by atoms with Gasteiger partial charge in [-0.25, -0.2) is 0 Å². The quantitative estimate of drug-likeness (QED) is 0.684. The van der Waals surface area contributed by atoms with Gasteiger partial charge in [-0.2, -0.15) is 0 Å². The summed E-state index contributed by atoms with van der Waals surface area (Å²) in [6.07, 6.45) is 5.96. The lowest BCUT2D eigenvalue weighted by Gasteiger charge is -2.38. The average Bonchev–Trinajstić information content (AvgIpc) is 2.82. The molecule has 1 unspecified atom stereocenters. The monoisotopic (exact) mass is 194 g/mol. The van der Waals surface area contributed by atoms with Crippen molar-refractivity contribution in [2.75, 3.05) is 6.61 Å². The molecule has 1 fully saturated rings. The number of hydrogen-bond donors (Lipinski definition) is 2. The van der Waals surface area contributed by atoms with E-state index in [1.807, 2.05) is 0 Å². The summed E-state index contributed by atoms with van der Waals surface area (Å²) < 4.78 is 5.20. The van der Waals surface area contributed by atoms with Gasteiger partial charge in [0.2, 0.25) is 0 Å². The first-order valence-electron chi connectivity index (χ1n) is 5.06. The van der Waals surface area contributed by atoms with Gasteiger partial charge in [-0.1, -0.05) is 5.16 Å². The Hall–Kier alpha value is -0.870. The number of fused-ring (bicyclic) bond motifs is 1. The van der Waals surface area contributed by atoms with Gasteiger partial charge in [0.25, 0.3) is 0 Å². The lowest BCUT2D eigenvalue weighted by atomic mass is 9.71. The van der Waals surface area contributed by atoms with E-state index in [1.165, 1.54) is 0 Å². The molecular weight excluding hydrogens is 180 g/mol. The van der Waals surface area contributed by atoms with Crippen molar-refractivity contribution < 1.29 is 9.63 Å². The van der Waals surface area contributed by atoms with Crippen LogP contribution in [-0.2, 0) is 12.0 Å². The van der Waals surface area contributed by atoms with Crippen molar-refractivity contribution in [3.05, 3.63) is 17.5 Å². The SMILES string of the molecule is NC1(CO)c2oncc2CCC12CC2. The molecule has 1 atom stereocenters. The fourth-order valence-corrected chi connectivity index (χ4v) is 2.73. The van der Waals surface area contributed by atoms with Crippen molar-refractivity contribution in [2.24, 2.45) is 11.1 Å². The van der Waals surface area contributed by atoms with E-state index in [0.29, 0.717) is 5.76 Å².